The third kappa shape index (κ3) is 3.06. The lowest BCUT2D eigenvalue weighted by atomic mass is 10.1. The van der Waals surface area contributed by atoms with Crippen LogP contribution in [0.15, 0.2) is 6.07 Å². The molecule has 1 fully saturated rings. The molecular weight excluding hydrogens is 216 g/mol. The van der Waals surface area contributed by atoms with Gasteiger partial charge in [-0.05, 0) is 19.3 Å². The molecule has 4 N–H and O–H groups in total. The van der Waals surface area contributed by atoms with E-state index in [4.69, 9.17) is 5.73 Å². The fourth-order valence-electron chi connectivity index (χ4n) is 1.79. The van der Waals surface area contributed by atoms with Crippen LogP contribution in [-0.2, 0) is 6.42 Å². The minimum atomic E-state index is 0.0740. The van der Waals surface area contributed by atoms with Gasteiger partial charge in [0.05, 0.1) is 6.61 Å². The second kappa shape index (κ2) is 4.87. The molecule has 0 unspecified atom stereocenters. The SMILES string of the molecule is CCCc1nc(N)cc(NCC2(CO)CC2)n1. The first kappa shape index (κ1) is 12.1. The first-order chi connectivity index (χ1) is 8.17. The number of nitrogens with one attached hydrogen (secondary N) is 1. The average Bonchev–Trinajstić information content (AvgIpc) is 3.07. The van der Waals surface area contributed by atoms with E-state index in [1.54, 1.807) is 6.07 Å². The lowest BCUT2D eigenvalue weighted by Crippen LogP contribution is -2.20. The van der Waals surface area contributed by atoms with Crippen molar-refractivity contribution in [1.29, 1.82) is 0 Å². The number of aliphatic hydroxyl groups excluding tert-OH is 1. The van der Waals surface area contributed by atoms with Gasteiger partial charge in [-0.3, -0.25) is 0 Å². The fourth-order valence-corrected chi connectivity index (χ4v) is 1.79. The van der Waals surface area contributed by atoms with Crippen LogP contribution in [0.2, 0.25) is 0 Å². The molecule has 1 saturated carbocycles. The van der Waals surface area contributed by atoms with Gasteiger partial charge in [-0.15, -0.1) is 0 Å². The molecule has 0 atom stereocenters. The summed E-state index contributed by atoms with van der Waals surface area (Å²) in [6.07, 6.45) is 4.01. The first-order valence-corrected chi connectivity index (χ1v) is 6.16. The van der Waals surface area contributed by atoms with Crippen molar-refractivity contribution in [3.8, 4) is 0 Å². The predicted molar refractivity (Wildman–Crippen MR) is 67.7 cm³/mol. The summed E-state index contributed by atoms with van der Waals surface area (Å²) in [6, 6.07) is 1.74. The van der Waals surface area contributed by atoms with Gasteiger partial charge in [-0.25, -0.2) is 9.97 Å². The summed E-state index contributed by atoms with van der Waals surface area (Å²) < 4.78 is 0. The van der Waals surface area contributed by atoms with Gasteiger partial charge in [0, 0.05) is 24.4 Å². The van der Waals surface area contributed by atoms with Gasteiger partial charge in [0.1, 0.15) is 17.5 Å². The van der Waals surface area contributed by atoms with Gasteiger partial charge in [0.25, 0.3) is 0 Å². The summed E-state index contributed by atoms with van der Waals surface area (Å²) in [5.41, 5.74) is 5.81. The van der Waals surface area contributed by atoms with E-state index in [2.05, 4.69) is 22.2 Å². The molecule has 5 heteroatoms. The first-order valence-electron chi connectivity index (χ1n) is 6.16. The van der Waals surface area contributed by atoms with E-state index in [1.807, 2.05) is 0 Å². The molecule has 1 aliphatic carbocycles. The van der Waals surface area contributed by atoms with Gasteiger partial charge < -0.3 is 16.2 Å². The predicted octanol–water partition coefficient (Wildman–Crippen LogP) is 1.20. The highest BCUT2D eigenvalue weighted by Crippen LogP contribution is 2.44. The number of rotatable bonds is 6. The highest BCUT2D eigenvalue weighted by Gasteiger charge is 2.41. The van der Waals surface area contributed by atoms with Gasteiger partial charge in [0.2, 0.25) is 0 Å². The van der Waals surface area contributed by atoms with Crippen molar-refractivity contribution in [2.75, 3.05) is 24.2 Å². The molecule has 0 aromatic carbocycles. The van der Waals surface area contributed by atoms with Crippen LogP contribution in [0.5, 0.6) is 0 Å². The van der Waals surface area contributed by atoms with Crippen LogP contribution < -0.4 is 11.1 Å². The zero-order chi connectivity index (χ0) is 12.3. The molecule has 1 aliphatic rings. The number of hydrogen-bond donors (Lipinski definition) is 3. The number of nitrogens with zero attached hydrogens (tertiary/aromatic N) is 2. The van der Waals surface area contributed by atoms with E-state index in [-0.39, 0.29) is 12.0 Å². The van der Waals surface area contributed by atoms with Crippen molar-refractivity contribution < 1.29 is 5.11 Å². The Morgan fingerprint density at radius 2 is 2.24 bits per heavy atom. The van der Waals surface area contributed by atoms with Crippen LogP contribution >= 0.6 is 0 Å². The van der Waals surface area contributed by atoms with E-state index in [1.165, 1.54) is 0 Å². The maximum Gasteiger partial charge on any atom is 0.133 e. The zero-order valence-electron chi connectivity index (χ0n) is 10.2. The molecule has 17 heavy (non-hydrogen) atoms. The molecule has 0 aliphatic heterocycles. The smallest absolute Gasteiger partial charge is 0.133 e. The van der Waals surface area contributed by atoms with Crippen molar-refractivity contribution in [3.63, 3.8) is 0 Å². The Morgan fingerprint density at radius 3 is 2.82 bits per heavy atom. The Kier molecular flexibility index (Phi) is 3.47. The molecule has 1 aromatic rings. The fraction of sp³-hybridized carbons (Fsp3) is 0.667. The monoisotopic (exact) mass is 236 g/mol. The maximum absolute atomic E-state index is 9.23. The van der Waals surface area contributed by atoms with Crippen molar-refractivity contribution in [3.05, 3.63) is 11.9 Å². The normalized spacial score (nSPS) is 16.8. The molecule has 0 radical (unpaired) electrons. The number of nitrogens with two attached hydrogens (primary N) is 1. The lowest BCUT2D eigenvalue weighted by molar-refractivity contribution is 0.219. The molecule has 5 nitrogen and oxygen atoms in total. The van der Waals surface area contributed by atoms with Crippen LogP contribution in [0, 0.1) is 5.41 Å². The summed E-state index contributed by atoms with van der Waals surface area (Å²) in [5, 5.41) is 12.5. The van der Waals surface area contributed by atoms with E-state index in [0.29, 0.717) is 5.82 Å². The van der Waals surface area contributed by atoms with E-state index in [9.17, 15) is 5.11 Å². The minimum Gasteiger partial charge on any atom is -0.396 e. The standard InChI is InChI=1S/C12H20N4O/c1-2-3-10-15-9(13)6-11(16-10)14-7-12(8-17)4-5-12/h6,17H,2-5,7-8H2,1H3,(H3,13,14,15,16). The Morgan fingerprint density at radius 1 is 1.47 bits per heavy atom. The molecule has 0 amide bonds. The zero-order valence-corrected chi connectivity index (χ0v) is 10.2. The highest BCUT2D eigenvalue weighted by atomic mass is 16.3. The van der Waals surface area contributed by atoms with E-state index < -0.39 is 0 Å². The molecular formula is C12H20N4O. The minimum absolute atomic E-state index is 0.0740. The average molecular weight is 236 g/mol. The van der Waals surface area contributed by atoms with Gasteiger partial charge >= 0.3 is 0 Å². The molecule has 1 heterocycles. The summed E-state index contributed by atoms with van der Waals surface area (Å²) in [4.78, 5) is 8.59. The number of anilines is 2. The number of aryl methyl sites for hydroxylation is 1. The van der Waals surface area contributed by atoms with Crippen LogP contribution in [-0.4, -0.2) is 28.2 Å². The summed E-state index contributed by atoms with van der Waals surface area (Å²) in [6.45, 7) is 3.08. The second-order valence-corrected chi connectivity index (χ2v) is 4.86. The molecule has 0 saturated heterocycles. The number of aliphatic hydroxyl groups is 1. The Balaban J connectivity index is 2.00. The lowest BCUT2D eigenvalue weighted by Gasteiger charge is -2.13. The van der Waals surface area contributed by atoms with Gasteiger partial charge in [0.15, 0.2) is 0 Å². The summed E-state index contributed by atoms with van der Waals surface area (Å²) in [5.74, 6) is 2.05. The quantitative estimate of drug-likeness (QED) is 0.691. The Bertz CT molecular complexity index is 390. The topological polar surface area (TPSA) is 84.1 Å². The molecule has 0 spiro atoms. The van der Waals surface area contributed by atoms with Gasteiger partial charge in [-0.1, -0.05) is 6.92 Å². The van der Waals surface area contributed by atoms with Crippen LogP contribution in [0.3, 0.4) is 0 Å². The highest BCUT2D eigenvalue weighted by molar-refractivity contribution is 5.45. The third-order valence-corrected chi connectivity index (χ3v) is 3.20. The van der Waals surface area contributed by atoms with Crippen molar-refractivity contribution >= 4 is 11.6 Å². The molecule has 1 aromatic heterocycles. The second-order valence-electron chi connectivity index (χ2n) is 4.86. The Labute approximate surface area is 101 Å². The maximum atomic E-state index is 9.23. The molecule has 2 rings (SSSR count). The number of aromatic nitrogens is 2. The van der Waals surface area contributed by atoms with Crippen LogP contribution in [0.1, 0.15) is 32.0 Å². The molecule has 0 bridgehead atoms. The molecule has 94 valence electrons. The Hall–Kier alpha value is -1.36. The summed E-state index contributed by atoms with van der Waals surface area (Å²) in [7, 11) is 0. The third-order valence-electron chi connectivity index (χ3n) is 3.20. The van der Waals surface area contributed by atoms with Gasteiger partial charge in [-0.2, -0.15) is 0 Å². The van der Waals surface area contributed by atoms with Crippen LogP contribution in [0.4, 0.5) is 11.6 Å². The van der Waals surface area contributed by atoms with E-state index >= 15 is 0 Å². The van der Waals surface area contributed by atoms with E-state index in [0.717, 1.165) is 43.9 Å². The number of hydrogen-bond acceptors (Lipinski definition) is 5. The number of nitrogen functional groups attached to an aromatic ring is 1. The van der Waals surface area contributed by atoms with Crippen molar-refractivity contribution in [2.24, 2.45) is 5.41 Å². The van der Waals surface area contributed by atoms with Crippen LogP contribution in [0.25, 0.3) is 0 Å². The summed E-state index contributed by atoms with van der Waals surface area (Å²) >= 11 is 0. The van der Waals surface area contributed by atoms with Crippen molar-refractivity contribution in [1.82, 2.24) is 9.97 Å². The van der Waals surface area contributed by atoms with Crippen molar-refractivity contribution in [2.45, 2.75) is 32.6 Å². The largest absolute Gasteiger partial charge is 0.396 e.